The average Bonchev–Trinajstić information content (AvgIpc) is 2.75. The Morgan fingerprint density at radius 3 is 2.74 bits per heavy atom. The monoisotopic (exact) mass is 298 g/mol. The first kappa shape index (κ1) is 13.9. The Morgan fingerprint density at radius 2 is 2.11 bits per heavy atom. The van der Waals surface area contributed by atoms with E-state index in [9.17, 15) is 8.42 Å². The largest absolute Gasteiger partial charge is 0.316 e. The normalized spacial score (nSPS) is 11.5. The van der Waals surface area contributed by atoms with Crippen LogP contribution in [0.3, 0.4) is 0 Å². The molecule has 1 aromatic carbocycles. The Morgan fingerprint density at radius 1 is 1.32 bits per heavy atom. The van der Waals surface area contributed by atoms with Crippen LogP contribution in [0.25, 0.3) is 0 Å². The zero-order valence-corrected chi connectivity index (χ0v) is 12.2. The maximum absolute atomic E-state index is 12.2. The van der Waals surface area contributed by atoms with Crippen LogP contribution in [0.4, 0.5) is 5.13 Å². The molecule has 102 valence electrons. The van der Waals surface area contributed by atoms with Gasteiger partial charge in [0.2, 0.25) is 5.13 Å². The van der Waals surface area contributed by atoms with Gasteiger partial charge in [-0.3, -0.25) is 4.72 Å². The first-order chi connectivity index (χ1) is 9.01. The van der Waals surface area contributed by atoms with E-state index in [0.29, 0.717) is 11.6 Å². The predicted molar refractivity (Wildman–Crippen MR) is 74.7 cm³/mol. The van der Waals surface area contributed by atoms with E-state index < -0.39 is 10.0 Å². The second kappa shape index (κ2) is 5.64. The minimum atomic E-state index is -3.61. The third-order valence-electron chi connectivity index (χ3n) is 2.34. The van der Waals surface area contributed by atoms with Crippen molar-refractivity contribution >= 4 is 26.5 Å². The lowest BCUT2D eigenvalue weighted by Gasteiger charge is -2.06. The quantitative estimate of drug-likeness (QED) is 0.871. The van der Waals surface area contributed by atoms with E-state index in [1.165, 1.54) is 11.3 Å². The van der Waals surface area contributed by atoms with Crippen molar-refractivity contribution in [2.75, 3.05) is 11.8 Å². The number of sulfonamides is 1. The van der Waals surface area contributed by atoms with Crippen molar-refractivity contribution in [2.24, 2.45) is 0 Å². The van der Waals surface area contributed by atoms with Crippen molar-refractivity contribution in [3.05, 3.63) is 34.8 Å². The van der Waals surface area contributed by atoms with Gasteiger partial charge in [0.1, 0.15) is 5.01 Å². The number of benzene rings is 1. The highest BCUT2D eigenvalue weighted by Crippen LogP contribution is 2.19. The molecule has 0 aliphatic carbocycles. The summed E-state index contributed by atoms with van der Waals surface area (Å²) >= 11 is 1.20. The molecule has 2 rings (SSSR count). The van der Waals surface area contributed by atoms with Crippen LogP contribution in [0.2, 0.25) is 0 Å². The highest BCUT2D eigenvalue weighted by molar-refractivity contribution is 7.93. The smallest absolute Gasteiger partial charge is 0.263 e. The first-order valence-corrected chi connectivity index (χ1v) is 7.88. The fraction of sp³-hybridized carbons (Fsp3) is 0.273. The van der Waals surface area contributed by atoms with Crippen molar-refractivity contribution in [3.63, 3.8) is 0 Å². The molecule has 19 heavy (non-hydrogen) atoms. The average molecular weight is 298 g/mol. The van der Waals surface area contributed by atoms with Crippen LogP contribution >= 0.6 is 11.3 Å². The molecule has 2 N–H and O–H groups in total. The number of aryl methyl sites for hydroxylation is 1. The van der Waals surface area contributed by atoms with Crippen LogP contribution in [0, 0.1) is 6.92 Å². The molecule has 0 bridgehead atoms. The summed E-state index contributed by atoms with van der Waals surface area (Å²) in [6.45, 7) is 2.38. The number of nitrogens with zero attached hydrogens (tertiary/aromatic N) is 2. The Kier molecular flexibility index (Phi) is 4.13. The Hall–Kier alpha value is -1.51. The molecular weight excluding hydrogens is 284 g/mol. The highest BCUT2D eigenvalue weighted by atomic mass is 32.2. The van der Waals surface area contributed by atoms with Crippen molar-refractivity contribution in [1.82, 2.24) is 15.5 Å². The maximum atomic E-state index is 12.2. The van der Waals surface area contributed by atoms with E-state index in [4.69, 9.17) is 0 Å². The van der Waals surface area contributed by atoms with E-state index in [-0.39, 0.29) is 10.0 Å². The summed E-state index contributed by atoms with van der Waals surface area (Å²) in [7, 11) is -1.80. The number of anilines is 1. The number of hydrogen-bond acceptors (Lipinski definition) is 6. The topological polar surface area (TPSA) is 84.0 Å². The van der Waals surface area contributed by atoms with Crippen molar-refractivity contribution in [2.45, 2.75) is 18.4 Å². The van der Waals surface area contributed by atoms with Gasteiger partial charge in [0.05, 0.1) is 4.90 Å². The van der Waals surface area contributed by atoms with Gasteiger partial charge in [-0.1, -0.05) is 23.5 Å². The van der Waals surface area contributed by atoms with Crippen LogP contribution < -0.4 is 10.0 Å². The van der Waals surface area contributed by atoms with Gasteiger partial charge in [0, 0.05) is 6.54 Å². The molecule has 0 radical (unpaired) electrons. The molecule has 0 saturated heterocycles. The molecule has 1 heterocycles. The Balaban J connectivity index is 2.26. The first-order valence-electron chi connectivity index (χ1n) is 5.58. The highest BCUT2D eigenvalue weighted by Gasteiger charge is 2.16. The fourth-order valence-corrected chi connectivity index (χ4v) is 3.43. The summed E-state index contributed by atoms with van der Waals surface area (Å²) in [4.78, 5) is 0.216. The van der Waals surface area contributed by atoms with Crippen LogP contribution in [0.5, 0.6) is 0 Å². The van der Waals surface area contributed by atoms with E-state index >= 15 is 0 Å². The molecular formula is C11H14N4O2S2. The molecule has 0 amide bonds. The van der Waals surface area contributed by atoms with Gasteiger partial charge in [-0.05, 0) is 31.7 Å². The van der Waals surface area contributed by atoms with Crippen LogP contribution in [0.1, 0.15) is 10.6 Å². The second-order valence-corrected chi connectivity index (χ2v) is 6.77. The number of nitrogens with one attached hydrogen (secondary N) is 2. The van der Waals surface area contributed by atoms with E-state index in [0.717, 1.165) is 5.56 Å². The number of rotatable bonds is 5. The molecule has 0 aliphatic heterocycles. The lowest BCUT2D eigenvalue weighted by molar-refractivity contribution is 0.601. The summed E-state index contributed by atoms with van der Waals surface area (Å²) < 4.78 is 26.8. The summed E-state index contributed by atoms with van der Waals surface area (Å²) in [5.74, 6) is 0. The fourth-order valence-electron chi connectivity index (χ4n) is 1.54. The summed E-state index contributed by atoms with van der Waals surface area (Å²) in [5.41, 5.74) is 0.902. The minimum Gasteiger partial charge on any atom is -0.316 e. The molecule has 0 fully saturated rings. The molecule has 6 nitrogen and oxygen atoms in total. The lowest BCUT2D eigenvalue weighted by Crippen LogP contribution is -2.14. The molecule has 0 saturated carbocycles. The summed E-state index contributed by atoms with van der Waals surface area (Å²) in [6.07, 6.45) is 0. The van der Waals surface area contributed by atoms with Gasteiger partial charge in [0.25, 0.3) is 10.0 Å². The van der Waals surface area contributed by atoms with Crippen molar-refractivity contribution < 1.29 is 8.42 Å². The third kappa shape index (κ3) is 3.49. The van der Waals surface area contributed by atoms with E-state index in [1.54, 1.807) is 25.1 Å². The van der Waals surface area contributed by atoms with E-state index in [1.807, 2.05) is 13.1 Å². The lowest BCUT2D eigenvalue weighted by atomic mass is 10.2. The molecule has 0 unspecified atom stereocenters. The Bertz CT molecular complexity index is 667. The molecule has 8 heteroatoms. The summed E-state index contributed by atoms with van der Waals surface area (Å²) in [6, 6.07) is 6.76. The SMILES string of the molecule is CNCc1cccc(S(=O)(=O)Nc2nnc(C)s2)c1. The predicted octanol–water partition coefficient (Wildman–Crippen LogP) is 1.37. The second-order valence-electron chi connectivity index (χ2n) is 3.91. The van der Waals surface area contributed by atoms with Crippen LogP contribution in [-0.4, -0.2) is 25.7 Å². The van der Waals surface area contributed by atoms with Gasteiger partial charge >= 0.3 is 0 Å². The molecule has 1 aromatic heterocycles. The molecule has 2 aromatic rings. The zero-order valence-electron chi connectivity index (χ0n) is 10.5. The van der Waals surface area contributed by atoms with Crippen LogP contribution in [0.15, 0.2) is 29.2 Å². The molecule has 0 atom stereocenters. The van der Waals surface area contributed by atoms with Gasteiger partial charge in [-0.2, -0.15) is 0 Å². The maximum Gasteiger partial charge on any atom is 0.263 e. The van der Waals surface area contributed by atoms with Crippen molar-refractivity contribution in [3.8, 4) is 0 Å². The van der Waals surface area contributed by atoms with Gasteiger partial charge in [-0.15, -0.1) is 10.2 Å². The molecule has 0 spiro atoms. The minimum absolute atomic E-state index is 0.216. The van der Waals surface area contributed by atoms with Crippen molar-refractivity contribution in [1.29, 1.82) is 0 Å². The molecule has 0 aliphatic rings. The van der Waals surface area contributed by atoms with Gasteiger partial charge in [0.15, 0.2) is 0 Å². The summed E-state index contributed by atoms with van der Waals surface area (Å²) in [5, 5.41) is 11.5. The van der Waals surface area contributed by atoms with Crippen LogP contribution in [-0.2, 0) is 16.6 Å². The number of hydrogen-bond donors (Lipinski definition) is 2. The number of aromatic nitrogens is 2. The standard InChI is InChI=1S/C11H14N4O2S2/c1-8-13-14-11(18-8)15-19(16,17)10-5-3-4-9(6-10)7-12-2/h3-6,12H,7H2,1-2H3,(H,14,15). The Labute approximate surface area is 115 Å². The van der Waals surface area contributed by atoms with E-state index in [2.05, 4.69) is 20.2 Å². The third-order valence-corrected chi connectivity index (χ3v) is 4.56. The zero-order chi connectivity index (χ0) is 13.9. The van der Waals surface area contributed by atoms with Gasteiger partial charge < -0.3 is 5.32 Å². The van der Waals surface area contributed by atoms with Gasteiger partial charge in [-0.25, -0.2) is 8.42 Å².